The van der Waals surface area contributed by atoms with Gasteiger partial charge in [-0.1, -0.05) is 18.2 Å². The van der Waals surface area contributed by atoms with Crippen LogP contribution in [0, 0.1) is 0 Å². The number of rotatable bonds is 5. The quantitative estimate of drug-likeness (QED) is 0.749. The molecule has 0 aliphatic rings. The number of primary amides is 1. The Morgan fingerprint density at radius 3 is 2.41 bits per heavy atom. The summed E-state index contributed by atoms with van der Waals surface area (Å²) in [5, 5.41) is 2.81. The first-order chi connectivity index (χ1) is 12.6. The Hall–Kier alpha value is -2.87. The van der Waals surface area contributed by atoms with E-state index in [-0.39, 0.29) is 17.2 Å². The van der Waals surface area contributed by atoms with E-state index >= 15 is 0 Å². The summed E-state index contributed by atoms with van der Waals surface area (Å²) in [5.74, 6) is -1.17. The number of nitrogens with two attached hydrogens (primary N) is 1. The van der Waals surface area contributed by atoms with Crippen molar-refractivity contribution in [3.8, 4) is 10.4 Å². The van der Waals surface area contributed by atoms with Gasteiger partial charge in [0.25, 0.3) is 5.91 Å². The topological polar surface area (TPSA) is 108 Å². The minimum Gasteiger partial charge on any atom is -0.462 e. The lowest BCUT2D eigenvalue weighted by atomic mass is 10.1. The van der Waals surface area contributed by atoms with Crippen LogP contribution in [0.5, 0.6) is 0 Å². The molecule has 2 amide bonds. The second-order valence-corrected chi connectivity index (χ2v) is 7.66. The predicted octanol–water partition coefficient (Wildman–Crippen LogP) is 4.04. The van der Waals surface area contributed by atoms with Crippen molar-refractivity contribution in [2.75, 3.05) is 11.9 Å². The first-order valence-corrected chi connectivity index (χ1v) is 9.14. The van der Waals surface area contributed by atoms with Gasteiger partial charge in [-0.3, -0.25) is 10.1 Å². The van der Waals surface area contributed by atoms with E-state index in [0.29, 0.717) is 16.0 Å². The number of benzene rings is 1. The Bertz CT molecular complexity index is 867. The van der Waals surface area contributed by atoms with Crippen LogP contribution in [0.1, 0.15) is 48.4 Å². The minimum absolute atomic E-state index is 0.138. The van der Waals surface area contributed by atoms with E-state index in [2.05, 4.69) is 5.32 Å². The van der Waals surface area contributed by atoms with E-state index in [9.17, 15) is 14.4 Å². The Labute approximate surface area is 161 Å². The normalized spacial score (nSPS) is 11.0. The predicted molar refractivity (Wildman–Crippen MR) is 104 cm³/mol. The van der Waals surface area contributed by atoms with Crippen LogP contribution in [0.15, 0.2) is 30.3 Å². The largest absolute Gasteiger partial charge is 0.462 e. The van der Waals surface area contributed by atoms with Crippen LogP contribution in [0.25, 0.3) is 10.4 Å². The van der Waals surface area contributed by atoms with Gasteiger partial charge in [-0.15, -0.1) is 11.3 Å². The van der Waals surface area contributed by atoms with Gasteiger partial charge in [-0.25, -0.2) is 9.59 Å². The molecule has 144 valence electrons. The van der Waals surface area contributed by atoms with Crippen LogP contribution in [-0.4, -0.2) is 30.2 Å². The van der Waals surface area contributed by atoms with E-state index < -0.39 is 23.6 Å². The van der Waals surface area contributed by atoms with Crippen molar-refractivity contribution in [2.45, 2.75) is 33.3 Å². The molecule has 1 aromatic heterocycles. The highest BCUT2D eigenvalue weighted by molar-refractivity contribution is 7.20. The second kappa shape index (κ2) is 8.22. The Morgan fingerprint density at radius 2 is 1.81 bits per heavy atom. The summed E-state index contributed by atoms with van der Waals surface area (Å²) in [6.07, 6.45) is -0.697. The molecule has 27 heavy (non-hydrogen) atoms. The van der Waals surface area contributed by atoms with Gasteiger partial charge in [0, 0.05) is 10.4 Å². The summed E-state index contributed by atoms with van der Waals surface area (Å²) in [7, 11) is 0. The van der Waals surface area contributed by atoms with Crippen LogP contribution in [0.2, 0.25) is 0 Å². The SMILES string of the molecule is CCOC(=O)c1ccccc1-c1cc(C(N)=O)c(NC(=O)OC(C)(C)C)s1. The van der Waals surface area contributed by atoms with Crippen LogP contribution in [-0.2, 0) is 9.47 Å². The number of carbonyl (C=O) groups excluding carboxylic acids is 3. The molecular weight excluding hydrogens is 368 g/mol. The zero-order chi connectivity index (χ0) is 20.2. The first kappa shape index (κ1) is 20.4. The van der Waals surface area contributed by atoms with E-state index in [0.717, 1.165) is 11.3 Å². The third-order valence-electron chi connectivity index (χ3n) is 3.30. The molecule has 0 aliphatic carbocycles. The summed E-state index contributed by atoms with van der Waals surface area (Å²) in [5.41, 5.74) is 5.84. The molecule has 0 fully saturated rings. The molecule has 2 rings (SSSR count). The van der Waals surface area contributed by atoms with Crippen LogP contribution in [0.4, 0.5) is 9.80 Å². The summed E-state index contributed by atoms with van der Waals surface area (Å²) >= 11 is 1.12. The highest BCUT2D eigenvalue weighted by Crippen LogP contribution is 2.37. The standard InChI is InChI=1S/C19H22N2O5S/c1-5-25-17(23)12-9-7-6-8-11(12)14-10-13(15(20)22)16(27-14)21-18(24)26-19(2,3)4/h6-10H,5H2,1-4H3,(H2,20,22)(H,21,24). The highest BCUT2D eigenvalue weighted by Gasteiger charge is 2.22. The number of carbonyl (C=O) groups is 3. The fraction of sp³-hybridized carbons (Fsp3) is 0.316. The summed E-state index contributed by atoms with van der Waals surface area (Å²) in [4.78, 5) is 36.7. The van der Waals surface area contributed by atoms with Crippen molar-refractivity contribution in [2.24, 2.45) is 5.73 Å². The summed E-state index contributed by atoms with van der Waals surface area (Å²) in [6.45, 7) is 7.17. The number of ether oxygens (including phenoxy) is 2. The third-order valence-corrected chi connectivity index (χ3v) is 4.38. The van der Waals surface area contributed by atoms with Crippen molar-refractivity contribution < 1.29 is 23.9 Å². The number of nitrogens with one attached hydrogen (secondary N) is 1. The van der Waals surface area contributed by atoms with Crippen molar-refractivity contribution in [3.63, 3.8) is 0 Å². The monoisotopic (exact) mass is 390 g/mol. The maximum Gasteiger partial charge on any atom is 0.412 e. The average Bonchev–Trinajstić information content (AvgIpc) is 2.97. The fourth-order valence-corrected chi connectivity index (χ4v) is 3.37. The highest BCUT2D eigenvalue weighted by atomic mass is 32.1. The molecule has 3 N–H and O–H groups in total. The van der Waals surface area contributed by atoms with E-state index in [4.69, 9.17) is 15.2 Å². The van der Waals surface area contributed by atoms with Crippen LogP contribution >= 0.6 is 11.3 Å². The molecule has 1 aromatic carbocycles. The molecule has 0 aliphatic heterocycles. The Morgan fingerprint density at radius 1 is 1.15 bits per heavy atom. The maximum atomic E-state index is 12.2. The number of thiophene rings is 1. The molecule has 7 nitrogen and oxygen atoms in total. The minimum atomic E-state index is -0.697. The van der Waals surface area contributed by atoms with E-state index in [1.165, 1.54) is 6.07 Å². The molecule has 2 aromatic rings. The molecule has 1 heterocycles. The fourth-order valence-electron chi connectivity index (χ4n) is 2.28. The first-order valence-electron chi connectivity index (χ1n) is 8.32. The number of amides is 2. The van der Waals surface area contributed by atoms with Crippen LogP contribution < -0.4 is 11.1 Å². The summed E-state index contributed by atoms with van der Waals surface area (Å²) < 4.78 is 10.3. The van der Waals surface area contributed by atoms with Crippen molar-refractivity contribution in [1.82, 2.24) is 0 Å². The van der Waals surface area contributed by atoms with Gasteiger partial charge in [0.2, 0.25) is 0 Å². The van der Waals surface area contributed by atoms with Crippen molar-refractivity contribution in [1.29, 1.82) is 0 Å². The maximum absolute atomic E-state index is 12.2. The lowest BCUT2D eigenvalue weighted by molar-refractivity contribution is 0.0526. The lowest BCUT2D eigenvalue weighted by Crippen LogP contribution is -2.27. The molecule has 8 heteroatoms. The zero-order valence-electron chi connectivity index (χ0n) is 15.6. The number of hydrogen-bond donors (Lipinski definition) is 2. The van der Waals surface area contributed by atoms with Gasteiger partial charge in [-0.05, 0) is 39.8 Å². The van der Waals surface area contributed by atoms with Gasteiger partial charge in [-0.2, -0.15) is 0 Å². The molecular formula is C19H22N2O5S. The van der Waals surface area contributed by atoms with Crippen molar-refractivity contribution in [3.05, 3.63) is 41.5 Å². The third kappa shape index (κ3) is 5.30. The molecule has 0 bridgehead atoms. The Kier molecular flexibility index (Phi) is 6.22. The average molecular weight is 390 g/mol. The van der Waals surface area contributed by atoms with Gasteiger partial charge in [0.05, 0.1) is 17.7 Å². The number of hydrogen-bond acceptors (Lipinski definition) is 6. The van der Waals surface area contributed by atoms with Crippen LogP contribution in [0.3, 0.4) is 0 Å². The van der Waals surface area contributed by atoms with Gasteiger partial charge in [0.15, 0.2) is 0 Å². The molecule has 0 saturated heterocycles. The molecule has 0 saturated carbocycles. The molecule has 0 unspecified atom stereocenters. The van der Waals surface area contributed by atoms with E-state index in [1.54, 1.807) is 52.0 Å². The smallest absolute Gasteiger partial charge is 0.412 e. The summed E-state index contributed by atoms with van der Waals surface area (Å²) in [6, 6.07) is 8.40. The molecule has 0 spiro atoms. The number of esters is 1. The lowest BCUT2D eigenvalue weighted by Gasteiger charge is -2.19. The van der Waals surface area contributed by atoms with Crippen molar-refractivity contribution >= 4 is 34.3 Å². The second-order valence-electron chi connectivity index (χ2n) is 6.61. The zero-order valence-corrected chi connectivity index (χ0v) is 16.4. The van der Waals surface area contributed by atoms with Gasteiger partial charge >= 0.3 is 12.1 Å². The molecule has 0 atom stereocenters. The Balaban J connectivity index is 2.42. The van der Waals surface area contributed by atoms with E-state index in [1.807, 2.05) is 0 Å². The molecule has 0 radical (unpaired) electrons. The number of anilines is 1. The van der Waals surface area contributed by atoms with Gasteiger partial charge in [0.1, 0.15) is 10.6 Å². The van der Waals surface area contributed by atoms with Gasteiger partial charge < -0.3 is 15.2 Å².